The Labute approximate surface area is 203 Å². The number of thioether (sulfide) groups is 1. The SMILES string of the molecule is Cc1cc(C(=O)CSc2nnc(-c3ccc(F)cc3)n2CCN2CCOCC2)c(C)n1C1CC1. The number of ether oxygens (including phenoxy) is 1. The van der Waals surface area contributed by atoms with E-state index in [0.29, 0.717) is 29.3 Å². The molecule has 34 heavy (non-hydrogen) atoms. The van der Waals surface area contributed by atoms with E-state index in [9.17, 15) is 9.18 Å². The lowest BCUT2D eigenvalue weighted by Crippen LogP contribution is -2.38. The van der Waals surface area contributed by atoms with E-state index in [1.807, 2.05) is 17.6 Å². The standard InChI is InChI=1S/C25H30FN5O2S/c1-17-15-22(18(2)31(17)21-7-8-21)23(32)16-34-25-28-27-24(19-3-5-20(26)6-4-19)30(25)10-9-29-11-13-33-14-12-29/h3-6,15,21H,7-14,16H2,1-2H3. The van der Waals surface area contributed by atoms with Gasteiger partial charge in [0.25, 0.3) is 0 Å². The molecule has 0 atom stereocenters. The van der Waals surface area contributed by atoms with Crippen molar-refractivity contribution in [3.63, 3.8) is 0 Å². The first-order chi connectivity index (χ1) is 16.5. The highest BCUT2D eigenvalue weighted by Crippen LogP contribution is 2.38. The molecule has 0 N–H and O–H groups in total. The van der Waals surface area contributed by atoms with E-state index < -0.39 is 0 Å². The van der Waals surface area contributed by atoms with Crippen molar-refractivity contribution in [1.29, 1.82) is 0 Å². The number of rotatable bonds is 9. The number of benzene rings is 1. The molecule has 1 aliphatic carbocycles. The number of carbonyl (C=O) groups is 1. The highest BCUT2D eigenvalue weighted by molar-refractivity contribution is 7.99. The molecular weight excluding hydrogens is 453 g/mol. The number of carbonyl (C=O) groups excluding carboxylic acids is 1. The molecule has 1 aromatic carbocycles. The Hall–Kier alpha value is -2.49. The third kappa shape index (κ3) is 4.96. The summed E-state index contributed by atoms with van der Waals surface area (Å²) in [7, 11) is 0. The molecule has 1 saturated heterocycles. The van der Waals surface area contributed by atoms with Crippen LogP contribution in [0.4, 0.5) is 4.39 Å². The molecule has 180 valence electrons. The molecule has 3 heterocycles. The van der Waals surface area contributed by atoms with E-state index in [2.05, 4.69) is 26.6 Å². The van der Waals surface area contributed by atoms with E-state index in [1.54, 1.807) is 12.1 Å². The number of hydrogen-bond donors (Lipinski definition) is 0. The van der Waals surface area contributed by atoms with Gasteiger partial charge in [-0.05, 0) is 57.0 Å². The van der Waals surface area contributed by atoms with Gasteiger partial charge in [-0.3, -0.25) is 9.69 Å². The number of aromatic nitrogens is 4. The van der Waals surface area contributed by atoms with Crippen LogP contribution >= 0.6 is 11.8 Å². The Bertz CT molecular complexity index is 1160. The van der Waals surface area contributed by atoms with Crippen molar-refractivity contribution in [2.75, 3.05) is 38.6 Å². The smallest absolute Gasteiger partial charge is 0.191 e. The minimum Gasteiger partial charge on any atom is -0.379 e. The van der Waals surface area contributed by atoms with Crippen molar-refractivity contribution >= 4 is 17.5 Å². The largest absolute Gasteiger partial charge is 0.379 e. The van der Waals surface area contributed by atoms with Crippen LogP contribution in [0.15, 0.2) is 35.5 Å². The summed E-state index contributed by atoms with van der Waals surface area (Å²) in [5.74, 6) is 0.812. The van der Waals surface area contributed by atoms with Gasteiger partial charge in [-0.15, -0.1) is 10.2 Å². The Morgan fingerprint density at radius 2 is 1.85 bits per heavy atom. The Kier molecular flexibility index (Phi) is 6.85. The molecule has 0 radical (unpaired) electrons. The third-order valence-corrected chi connectivity index (χ3v) is 7.56. The lowest BCUT2D eigenvalue weighted by molar-refractivity contribution is 0.0361. The second kappa shape index (κ2) is 10.0. The number of Topliss-reactive ketones (excluding diaryl/α,β-unsaturated/α-hetero) is 1. The summed E-state index contributed by atoms with van der Waals surface area (Å²) in [5, 5.41) is 9.52. The zero-order valence-corrected chi connectivity index (χ0v) is 20.5. The summed E-state index contributed by atoms with van der Waals surface area (Å²) in [6, 6.07) is 8.87. The molecule has 1 saturated carbocycles. The number of hydrogen-bond acceptors (Lipinski definition) is 6. The summed E-state index contributed by atoms with van der Waals surface area (Å²) in [6.45, 7) is 8.90. The molecule has 7 nitrogen and oxygen atoms in total. The molecule has 0 bridgehead atoms. The average molecular weight is 484 g/mol. The van der Waals surface area contributed by atoms with E-state index in [-0.39, 0.29) is 11.6 Å². The highest BCUT2D eigenvalue weighted by Gasteiger charge is 2.28. The van der Waals surface area contributed by atoms with E-state index in [4.69, 9.17) is 4.74 Å². The Morgan fingerprint density at radius 1 is 1.12 bits per heavy atom. The van der Waals surface area contributed by atoms with Crippen molar-refractivity contribution in [3.05, 3.63) is 53.1 Å². The first kappa shape index (κ1) is 23.3. The van der Waals surface area contributed by atoms with Crippen LogP contribution in [0.2, 0.25) is 0 Å². The van der Waals surface area contributed by atoms with Gasteiger partial charge in [0.15, 0.2) is 16.8 Å². The topological polar surface area (TPSA) is 65.2 Å². The number of ketones is 1. The predicted octanol–water partition coefficient (Wildman–Crippen LogP) is 4.14. The summed E-state index contributed by atoms with van der Waals surface area (Å²) in [5.41, 5.74) is 3.82. The molecule has 5 rings (SSSR count). The van der Waals surface area contributed by atoms with Crippen LogP contribution in [0.1, 0.15) is 40.6 Å². The molecule has 0 unspecified atom stereocenters. The molecular formula is C25H30FN5O2S. The fourth-order valence-electron chi connectivity index (χ4n) is 4.64. The lowest BCUT2D eigenvalue weighted by atomic mass is 10.2. The molecule has 3 aromatic rings. The van der Waals surface area contributed by atoms with E-state index in [0.717, 1.165) is 55.4 Å². The Balaban J connectivity index is 1.34. The van der Waals surface area contributed by atoms with E-state index >= 15 is 0 Å². The zero-order chi connectivity index (χ0) is 23.7. The second-order valence-corrected chi connectivity index (χ2v) is 9.96. The van der Waals surface area contributed by atoms with Crippen molar-refractivity contribution in [3.8, 4) is 11.4 Å². The number of morpholine rings is 1. The van der Waals surface area contributed by atoms with E-state index in [1.165, 1.54) is 36.7 Å². The van der Waals surface area contributed by atoms with Crippen LogP contribution in [0.5, 0.6) is 0 Å². The van der Waals surface area contributed by atoms with Crippen LogP contribution in [0.25, 0.3) is 11.4 Å². The van der Waals surface area contributed by atoms with Gasteiger partial charge < -0.3 is 13.9 Å². The molecule has 9 heteroatoms. The molecule has 0 amide bonds. The maximum Gasteiger partial charge on any atom is 0.191 e. The number of halogens is 1. The van der Waals surface area contributed by atoms with Crippen LogP contribution in [0.3, 0.4) is 0 Å². The van der Waals surface area contributed by atoms with Crippen molar-refractivity contribution in [2.24, 2.45) is 0 Å². The first-order valence-corrected chi connectivity index (χ1v) is 12.8. The van der Waals surface area contributed by atoms with Gasteiger partial charge in [-0.25, -0.2) is 4.39 Å². The van der Waals surface area contributed by atoms with Crippen molar-refractivity contribution in [1.82, 2.24) is 24.2 Å². The highest BCUT2D eigenvalue weighted by atomic mass is 32.2. The summed E-state index contributed by atoms with van der Waals surface area (Å²) >= 11 is 1.42. The molecule has 0 spiro atoms. The number of aryl methyl sites for hydroxylation is 1. The third-order valence-electron chi connectivity index (χ3n) is 6.59. The van der Waals surface area contributed by atoms with Gasteiger partial charge in [0.05, 0.1) is 19.0 Å². The summed E-state index contributed by atoms with van der Waals surface area (Å²) in [6.07, 6.45) is 2.38. The lowest BCUT2D eigenvalue weighted by Gasteiger charge is -2.27. The first-order valence-electron chi connectivity index (χ1n) is 11.8. The zero-order valence-electron chi connectivity index (χ0n) is 19.7. The fraction of sp³-hybridized carbons (Fsp3) is 0.480. The average Bonchev–Trinajstić information content (AvgIpc) is 3.52. The maximum absolute atomic E-state index is 13.5. The Morgan fingerprint density at radius 3 is 2.56 bits per heavy atom. The van der Waals surface area contributed by atoms with Crippen molar-refractivity contribution < 1.29 is 13.9 Å². The summed E-state index contributed by atoms with van der Waals surface area (Å²) < 4.78 is 23.3. The van der Waals surface area contributed by atoms with Gasteiger partial charge >= 0.3 is 0 Å². The normalized spacial score (nSPS) is 16.8. The van der Waals surface area contributed by atoms with Crippen LogP contribution < -0.4 is 0 Å². The second-order valence-electron chi connectivity index (χ2n) is 9.02. The maximum atomic E-state index is 13.5. The van der Waals surface area contributed by atoms with Gasteiger partial charge in [0, 0.05) is 54.7 Å². The van der Waals surface area contributed by atoms with Gasteiger partial charge in [-0.2, -0.15) is 0 Å². The molecule has 2 aromatic heterocycles. The van der Waals surface area contributed by atoms with Gasteiger partial charge in [0.1, 0.15) is 5.82 Å². The van der Waals surface area contributed by atoms with Crippen LogP contribution in [-0.2, 0) is 11.3 Å². The quantitative estimate of drug-likeness (QED) is 0.337. The minimum atomic E-state index is -0.285. The summed E-state index contributed by atoms with van der Waals surface area (Å²) in [4.78, 5) is 15.5. The van der Waals surface area contributed by atoms with Gasteiger partial charge in [0.2, 0.25) is 0 Å². The monoisotopic (exact) mass is 483 g/mol. The predicted molar refractivity (Wildman–Crippen MR) is 130 cm³/mol. The molecule has 1 aliphatic heterocycles. The molecule has 2 aliphatic rings. The number of nitrogens with zero attached hydrogens (tertiary/aromatic N) is 5. The fourth-order valence-corrected chi connectivity index (χ4v) is 5.49. The van der Waals surface area contributed by atoms with Crippen LogP contribution in [-0.4, -0.2) is 68.6 Å². The minimum absolute atomic E-state index is 0.107. The molecule has 2 fully saturated rings. The van der Waals surface area contributed by atoms with Crippen LogP contribution in [0, 0.1) is 19.7 Å². The van der Waals surface area contributed by atoms with Crippen molar-refractivity contribution in [2.45, 2.75) is 44.4 Å². The van der Waals surface area contributed by atoms with Gasteiger partial charge in [-0.1, -0.05) is 11.8 Å².